The van der Waals surface area contributed by atoms with Crippen molar-refractivity contribution in [1.82, 2.24) is 0 Å². The third kappa shape index (κ3) is 4.63. The predicted molar refractivity (Wildman–Crippen MR) is 23.5 cm³/mol. The molecular formula is C3H6OSn. The number of aliphatic hydroxyl groups is 1. The first-order valence-electron chi connectivity index (χ1n) is 1.42. The molecule has 0 aromatic heterocycles. The monoisotopic (exact) mass is 178 g/mol. The maximum atomic E-state index is 8.13. The van der Waals surface area contributed by atoms with Crippen molar-refractivity contribution in [2.45, 2.75) is 6.92 Å². The molecule has 0 saturated carbocycles. The molecular weight excluding hydrogens is 171 g/mol. The summed E-state index contributed by atoms with van der Waals surface area (Å²) < 4.78 is 1.15. The van der Waals surface area contributed by atoms with Gasteiger partial charge in [-0.3, -0.25) is 0 Å². The molecule has 0 aromatic rings. The van der Waals surface area contributed by atoms with Gasteiger partial charge in [-0.15, -0.1) is 0 Å². The second-order valence-electron chi connectivity index (χ2n) is 0.938. The standard InChI is InChI=1S/C3H6O.Sn/c1-2-3-4;/h4H,3H2,1H3;. The van der Waals surface area contributed by atoms with Crippen LogP contribution in [-0.2, 0) is 0 Å². The molecule has 5 heavy (non-hydrogen) atoms. The van der Waals surface area contributed by atoms with E-state index in [2.05, 4.69) is 0 Å². The fraction of sp³-hybridized carbons (Fsp3) is 0.667. The number of hydrogen-bond acceptors (Lipinski definition) is 1. The Hall–Kier alpha value is 0.629. The van der Waals surface area contributed by atoms with E-state index in [-0.39, 0.29) is 6.61 Å². The fourth-order valence-electron chi connectivity index (χ4n) is 0. The molecule has 0 aromatic carbocycles. The third-order valence-electron chi connectivity index (χ3n) is 0.237. The number of aliphatic hydroxyl groups excluding tert-OH is 1. The van der Waals surface area contributed by atoms with Gasteiger partial charge in [0.25, 0.3) is 0 Å². The van der Waals surface area contributed by atoms with Gasteiger partial charge in [-0.05, 0) is 0 Å². The van der Waals surface area contributed by atoms with Gasteiger partial charge in [0.2, 0.25) is 0 Å². The minimum absolute atomic E-state index is 0.262. The van der Waals surface area contributed by atoms with Crippen molar-refractivity contribution in [3.63, 3.8) is 0 Å². The van der Waals surface area contributed by atoms with Crippen molar-refractivity contribution in [3.8, 4) is 0 Å². The van der Waals surface area contributed by atoms with Crippen molar-refractivity contribution in [2.75, 3.05) is 6.61 Å². The van der Waals surface area contributed by atoms with E-state index in [0.29, 0.717) is 0 Å². The molecule has 0 atom stereocenters. The van der Waals surface area contributed by atoms with Crippen LogP contribution >= 0.6 is 0 Å². The molecule has 0 unspecified atom stereocenters. The Kier molecular flexibility index (Phi) is 3.20. The third-order valence-corrected chi connectivity index (χ3v) is 0.688. The summed E-state index contributed by atoms with van der Waals surface area (Å²) in [6.45, 7) is 2.19. The van der Waals surface area contributed by atoms with E-state index in [0.717, 1.165) is 3.52 Å². The topological polar surface area (TPSA) is 20.2 Å². The van der Waals surface area contributed by atoms with Gasteiger partial charge < -0.3 is 0 Å². The van der Waals surface area contributed by atoms with Crippen LogP contribution in [0.25, 0.3) is 0 Å². The van der Waals surface area contributed by atoms with Crippen LogP contribution in [0.4, 0.5) is 0 Å². The first kappa shape index (κ1) is 5.63. The van der Waals surface area contributed by atoms with Gasteiger partial charge in [-0.1, -0.05) is 0 Å². The summed E-state index contributed by atoms with van der Waals surface area (Å²) in [7, 11) is 0. The van der Waals surface area contributed by atoms with Crippen LogP contribution in [0.3, 0.4) is 0 Å². The number of hydrogen-bond donors (Lipinski definition) is 1. The molecule has 0 bridgehead atoms. The van der Waals surface area contributed by atoms with Crippen molar-refractivity contribution in [2.24, 2.45) is 0 Å². The van der Waals surface area contributed by atoms with E-state index < -0.39 is 0 Å². The first-order valence-corrected chi connectivity index (χ1v) is 2.85. The molecule has 0 fully saturated rings. The van der Waals surface area contributed by atoms with E-state index in [1.54, 1.807) is 0 Å². The summed E-state index contributed by atoms with van der Waals surface area (Å²) >= 11 is 1.34. The summed E-state index contributed by atoms with van der Waals surface area (Å²) in [5, 5.41) is 8.13. The Labute approximate surface area is 44.6 Å². The second kappa shape index (κ2) is 2.84. The Morgan fingerprint density at radius 1 is 2.00 bits per heavy atom. The second-order valence-corrected chi connectivity index (χ2v) is 3.37. The zero-order chi connectivity index (χ0) is 4.28. The van der Waals surface area contributed by atoms with E-state index in [9.17, 15) is 0 Å². The zero-order valence-electron chi connectivity index (χ0n) is 3.15. The maximum absolute atomic E-state index is 8.13. The minimum atomic E-state index is 0.262. The Morgan fingerprint density at radius 3 is 2.20 bits per heavy atom. The van der Waals surface area contributed by atoms with Crippen LogP contribution in [-0.4, -0.2) is 37.3 Å². The normalized spacial score (nSPS) is 7.60. The first-order chi connectivity index (χ1) is 2.27. The van der Waals surface area contributed by atoms with E-state index in [1.165, 1.54) is 22.1 Å². The SMILES string of the molecule is C[C](=[Sn])CO. The molecule has 0 heterocycles. The molecule has 0 spiro atoms. The van der Waals surface area contributed by atoms with Crippen LogP contribution in [0.5, 0.6) is 0 Å². The van der Waals surface area contributed by atoms with Gasteiger partial charge in [0.15, 0.2) is 0 Å². The van der Waals surface area contributed by atoms with Gasteiger partial charge in [-0.2, -0.15) is 0 Å². The summed E-state index contributed by atoms with van der Waals surface area (Å²) in [6, 6.07) is 0. The van der Waals surface area contributed by atoms with Crippen LogP contribution in [0.1, 0.15) is 6.92 Å². The predicted octanol–water partition coefficient (Wildman–Crippen LogP) is -0.661. The molecule has 1 N–H and O–H groups in total. The number of rotatable bonds is 1. The molecule has 2 heteroatoms. The van der Waals surface area contributed by atoms with Crippen molar-refractivity contribution in [3.05, 3.63) is 0 Å². The summed E-state index contributed by atoms with van der Waals surface area (Å²) in [5.74, 6) is 0. The van der Waals surface area contributed by atoms with Crippen molar-refractivity contribution < 1.29 is 5.11 Å². The zero-order valence-corrected chi connectivity index (χ0v) is 6.01. The molecule has 0 saturated heterocycles. The Morgan fingerprint density at radius 2 is 2.20 bits per heavy atom. The van der Waals surface area contributed by atoms with Crippen LogP contribution < -0.4 is 0 Å². The van der Waals surface area contributed by atoms with Crippen LogP contribution in [0.15, 0.2) is 0 Å². The summed E-state index contributed by atoms with van der Waals surface area (Å²) in [4.78, 5) is 0. The molecule has 0 aliphatic rings. The molecule has 28 valence electrons. The average molecular weight is 177 g/mol. The van der Waals surface area contributed by atoms with Crippen LogP contribution in [0, 0.1) is 0 Å². The van der Waals surface area contributed by atoms with E-state index >= 15 is 0 Å². The van der Waals surface area contributed by atoms with Crippen LogP contribution in [0.2, 0.25) is 0 Å². The molecule has 1 nitrogen and oxygen atoms in total. The molecule has 0 aliphatic carbocycles. The Bertz CT molecular complexity index is 42.2. The molecule has 0 rings (SSSR count). The van der Waals surface area contributed by atoms with Gasteiger partial charge in [-0.25, -0.2) is 0 Å². The van der Waals surface area contributed by atoms with Gasteiger partial charge in [0, 0.05) is 0 Å². The molecule has 2 radical (unpaired) electrons. The van der Waals surface area contributed by atoms with Gasteiger partial charge in [0.05, 0.1) is 0 Å². The van der Waals surface area contributed by atoms with E-state index in [4.69, 9.17) is 5.11 Å². The summed E-state index contributed by atoms with van der Waals surface area (Å²) in [6.07, 6.45) is 0. The average Bonchev–Trinajstić information content (AvgIpc) is 1.38. The van der Waals surface area contributed by atoms with Gasteiger partial charge >= 0.3 is 44.2 Å². The summed E-state index contributed by atoms with van der Waals surface area (Å²) in [5.41, 5.74) is 0. The Balaban J connectivity index is 2.85. The fourth-order valence-corrected chi connectivity index (χ4v) is 0. The molecule has 0 aliphatic heterocycles. The van der Waals surface area contributed by atoms with Crippen molar-refractivity contribution >= 4 is 25.6 Å². The van der Waals surface area contributed by atoms with Crippen molar-refractivity contribution in [1.29, 1.82) is 0 Å². The van der Waals surface area contributed by atoms with Gasteiger partial charge in [0.1, 0.15) is 0 Å². The quantitative estimate of drug-likeness (QED) is 0.527. The van der Waals surface area contributed by atoms with E-state index in [1.807, 2.05) is 6.92 Å². The molecule has 0 amide bonds.